The highest BCUT2D eigenvalue weighted by atomic mass is 79.9. The van der Waals surface area contributed by atoms with Crippen molar-refractivity contribution in [2.24, 2.45) is 0 Å². The molecular formula is C17H20BrClN4O2. The molecule has 3 atom stereocenters. The van der Waals surface area contributed by atoms with Crippen molar-refractivity contribution < 1.29 is 5.11 Å². The Morgan fingerprint density at radius 1 is 1.48 bits per heavy atom. The molecule has 2 aliphatic heterocycles. The van der Waals surface area contributed by atoms with Gasteiger partial charge in [0.1, 0.15) is 0 Å². The van der Waals surface area contributed by atoms with Crippen molar-refractivity contribution in [3.63, 3.8) is 0 Å². The first-order valence-corrected chi connectivity index (χ1v) is 9.65. The molecule has 2 aromatic rings. The van der Waals surface area contributed by atoms with Gasteiger partial charge in [0.15, 0.2) is 0 Å². The summed E-state index contributed by atoms with van der Waals surface area (Å²) in [5, 5.41) is 18.0. The molecular weight excluding hydrogens is 408 g/mol. The quantitative estimate of drug-likeness (QED) is 0.646. The third-order valence-corrected chi connectivity index (χ3v) is 6.37. The largest absolute Gasteiger partial charge is 0.392 e. The predicted octanol–water partition coefficient (Wildman–Crippen LogP) is 1.66. The number of hydrogen-bond donors (Lipinski definition) is 3. The van der Waals surface area contributed by atoms with Crippen molar-refractivity contribution in [3.8, 4) is 0 Å². The van der Waals surface area contributed by atoms with Crippen LogP contribution in [0.1, 0.15) is 19.3 Å². The number of aliphatic hydroxyl groups excluding tert-OH is 1. The lowest BCUT2D eigenvalue weighted by atomic mass is 9.91. The maximum atomic E-state index is 12.8. The van der Waals surface area contributed by atoms with Crippen molar-refractivity contribution in [1.82, 2.24) is 20.2 Å². The monoisotopic (exact) mass is 426 g/mol. The van der Waals surface area contributed by atoms with Crippen molar-refractivity contribution in [1.29, 1.82) is 0 Å². The summed E-state index contributed by atoms with van der Waals surface area (Å²) < 4.78 is 2.37. The Hall–Kier alpha value is -0.990. The number of nitrogens with one attached hydrogen (secondary N) is 2. The summed E-state index contributed by atoms with van der Waals surface area (Å²) in [5.74, 6) is 0. The number of hydrogen-bond acceptors (Lipinski definition) is 5. The van der Waals surface area contributed by atoms with Crippen molar-refractivity contribution >= 4 is 38.4 Å². The van der Waals surface area contributed by atoms with Crippen LogP contribution in [0.2, 0.25) is 5.02 Å². The van der Waals surface area contributed by atoms with Crippen LogP contribution in [0.5, 0.6) is 0 Å². The number of fused-ring (bicyclic) bond motifs is 1. The Labute approximate surface area is 158 Å². The number of aromatic nitrogens is 2. The van der Waals surface area contributed by atoms with Gasteiger partial charge in [-0.05, 0) is 53.9 Å². The van der Waals surface area contributed by atoms with E-state index >= 15 is 0 Å². The van der Waals surface area contributed by atoms with Gasteiger partial charge in [-0.1, -0.05) is 11.6 Å². The first kappa shape index (κ1) is 17.4. The number of nitrogens with zero attached hydrogens (tertiary/aromatic N) is 2. The summed E-state index contributed by atoms with van der Waals surface area (Å²) in [7, 11) is 0. The molecule has 8 heteroatoms. The molecule has 0 bridgehead atoms. The lowest BCUT2D eigenvalue weighted by Gasteiger charge is -2.31. The molecule has 2 aliphatic rings. The highest BCUT2D eigenvalue weighted by Gasteiger charge is 2.45. The van der Waals surface area contributed by atoms with Crippen molar-refractivity contribution in [2.75, 3.05) is 13.1 Å². The van der Waals surface area contributed by atoms with E-state index in [0.717, 1.165) is 36.8 Å². The predicted molar refractivity (Wildman–Crippen MR) is 101 cm³/mol. The van der Waals surface area contributed by atoms with E-state index in [9.17, 15) is 9.90 Å². The maximum absolute atomic E-state index is 12.8. The Kier molecular flexibility index (Phi) is 4.62. The van der Waals surface area contributed by atoms with E-state index in [1.807, 2.05) is 0 Å². The van der Waals surface area contributed by atoms with Gasteiger partial charge in [-0.3, -0.25) is 9.36 Å². The van der Waals surface area contributed by atoms with Crippen LogP contribution in [0.25, 0.3) is 10.9 Å². The first-order chi connectivity index (χ1) is 12.0. The topological polar surface area (TPSA) is 89.1 Å². The smallest absolute Gasteiger partial charge is 0.261 e. The number of rotatable bonds is 4. The lowest BCUT2D eigenvalue weighted by Crippen LogP contribution is -2.48. The molecule has 6 nitrogen and oxygen atoms in total. The van der Waals surface area contributed by atoms with Crippen molar-refractivity contribution in [3.05, 3.63) is 38.3 Å². The zero-order valence-electron chi connectivity index (χ0n) is 13.6. The molecule has 4 rings (SSSR count). The molecule has 0 spiro atoms. The molecule has 0 amide bonds. The minimum Gasteiger partial charge on any atom is -0.392 e. The molecule has 0 radical (unpaired) electrons. The van der Waals surface area contributed by atoms with E-state index in [-0.39, 0.29) is 23.2 Å². The normalized spacial score (nSPS) is 29.1. The molecule has 0 saturated carbocycles. The van der Waals surface area contributed by atoms with Crippen LogP contribution < -0.4 is 16.2 Å². The summed E-state index contributed by atoms with van der Waals surface area (Å²) in [4.78, 5) is 17.2. The third kappa shape index (κ3) is 3.48. The summed E-state index contributed by atoms with van der Waals surface area (Å²) >= 11 is 9.49. The molecule has 1 aromatic carbocycles. The molecule has 134 valence electrons. The summed E-state index contributed by atoms with van der Waals surface area (Å²) in [6.45, 7) is 2.31. The molecule has 3 heterocycles. The van der Waals surface area contributed by atoms with Crippen molar-refractivity contribution in [2.45, 2.75) is 43.5 Å². The minimum atomic E-state index is -0.323. The molecule has 3 N–H and O–H groups in total. The third-order valence-electron chi connectivity index (χ3n) is 5.17. The maximum Gasteiger partial charge on any atom is 0.261 e. The van der Waals surface area contributed by atoms with E-state index in [1.54, 1.807) is 23.0 Å². The second-order valence-electron chi connectivity index (χ2n) is 7.07. The zero-order valence-corrected chi connectivity index (χ0v) is 16.0. The Morgan fingerprint density at radius 3 is 3.00 bits per heavy atom. The Morgan fingerprint density at radius 2 is 2.28 bits per heavy atom. The zero-order chi connectivity index (χ0) is 17.6. The van der Waals surface area contributed by atoms with Crippen LogP contribution >= 0.6 is 27.5 Å². The van der Waals surface area contributed by atoms with Crippen LogP contribution in [0.4, 0.5) is 0 Å². The summed E-state index contributed by atoms with van der Waals surface area (Å²) in [6, 6.07) is 3.49. The van der Waals surface area contributed by atoms with E-state index in [1.165, 1.54) is 0 Å². The number of benzene rings is 1. The molecule has 2 saturated heterocycles. The summed E-state index contributed by atoms with van der Waals surface area (Å²) in [5.41, 5.74) is 0.373. The van der Waals surface area contributed by atoms with Crippen LogP contribution in [-0.2, 0) is 6.54 Å². The molecule has 1 aromatic heterocycles. The van der Waals surface area contributed by atoms with Gasteiger partial charge in [0.2, 0.25) is 0 Å². The van der Waals surface area contributed by atoms with E-state index < -0.39 is 0 Å². The van der Waals surface area contributed by atoms with Gasteiger partial charge >= 0.3 is 0 Å². The Bertz CT molecular complexity index is 868. The van der Waals surface area contributed by atoms with Crippen LogP contribution in [0.15, 0.2) is 27.7 Å². The van der Waals surface area contributed by atoms with Gasteiger partial charge in [0, 0.05) is 23.6 Å². The Balaban J connectivity index is 1.59. The average molecular weight is 428 g/mol. The van der Waals surface area contributed by atoms with Crippen LogP contribution in [0, 0.1) is 0 Å². The van der Waals surface area contributed by atoms with E-state index in [0.29, 0.717) is 22.5 Å². The highest BCUT2D eigenvalue weighted by Crippen LogP contribution is 2.29. The average Bonchev–Trinajstić information content (AvgIpc) is 3.34. The second-order valence-corrected chi connectivity index (χ2v) is 8.33. The van der Waals surface area contributed by atoms with Gasteiger partial charge in [0.25, 0.3) is 5.56 Å². The fraction of sp³-hybridized carbons (Fsp3) is 0.529. The minimum absolute atomic E-state index is 0.0678. The lowest BCUT2D eigenvalue weighted by molar-refractivity contribution is 0.0859. The fourth-order valence-electron chi connectivity index (χ4n) is 3.60. The molecule has 2 fully saturated rings. The van der Waals surface area contributed by atoms with E-state index in [4.69, 9.17) is 11.6 Å². The van der Waals surface area contributed by atoms with Gasteiger partial charge in [-0.15, -0.1) is 0 Å². The van der Waals surface area contributed by atoms with Crippen LogP contribution in [0.3, 0.4) is 0 Å². The number of aliphatic hydroxyl groups is 1. The van der Waals surface area contributed by atoms with Gasteiger partial charge in [-0.25, -0.2) is 4.98 Å². The van der Waals surface area contributed by atoms with Gasteiger partial charge in [-0.2, -0.15) is 0 Å². The number of halogens is 2. The molecule has 3 unspecified atom stereocenters. The first-order valence-electron chi connectivity index (χ1n) is 8.48. The van der Waals surface area contributed by atoms with E-state index in [2.05, 4.69) is 31.5 Å². The SMILES string of the molecule is O=c1c2cc(Cl)c(Br)cc2ncn1CC1(CC2NCCCC2O)CN1. The van der Waals surface area contributed by atoms with Crippen LogP contribution in [-0.4, -0.2) is 45.4 Å². The van der Waals surface area contributed by atoms with Gasteiger partial charge in [0.05, 0.1) is 33.9 Å². The molecule has 25 heavy (non-hydrogen) atoms. The second kappa shape index (κ2) is 6.63. The summed E-state index contributed by atoms with van der Waals surface area (Å²) in [6.07, 6.45) is 3.90. The van der Waals surface area contributed by atoms with Gasteiger partial charge < -0.3 is 15.7 Å². The standard InChI is InChI=1S/C17H20BrClN4O2/c18-11-5-13-10(4-12(11)19)16(25)23(9-21-13)8-17(7-22-17)6-14-15(24)2-1-3-20-14/h4-5,9,14-15,20,22,24H,1-3,6-8H2. The highest BCUT2D eigenvalue weighted by molar-refractivity contribution is 9.10. The number of piperidine rings is 1. The fourth-order valence-corrected chi connectivity index (χ4v) is 4.10. The molecule has 0 aliphatic carbocycles.